The quantitative estimate of drug-likeness (QED) is 0.600. The number of nitrogens with one attached hydrogen (secondary N) is 1. The van der Waals surface area contributed by atoms with Gasteiger partial charge in [-0.3, -0.25) is 9.10 Å². The van der Waals surface area contributed by atoms with Gasteiger partial charge < -0.3 is 10.1 Å². The Morgan fingerprint density at radius 1 is 1.03 bits per heavy atom. The molecule has 158 valence electrons. The first-order valence-corrected chi connectivity index (χ1v) is 11.6. The molecule has 0 bridgehead atoms. The molecule has 1 N–H and O–H groups in total. The summed E-state index contributed by atoms with van der Waals surface area (Å²) in [6.45, 7) is 6.04. The lowest BCUT2D eigenvalue weighted by Gasteiger charge is -2.28. The lowest BCUT2D eigenvalue weighted by atomic mass is 10.1. The molecule has 0 unspecified atom stereocenters. The van der Waals surface area contributed by atoms with Gasteiger partial charge in [-0.25, -0.2) is 8.42 Å². The highest BCUT2D eigenvalue weighted by molar-refractivity contribution is 7.92. The molecule has 6 nitrogen and oxygen atoms in total. The number of hydrogen-bond acceptors (Lipinski definition) is 4. The largest absolute Gasteiger partial charge is 0.491 e. The number of sulfonamides is 1. The van der Waals surface area contributed by atoms with Crippen LogP contribution in [-0.4, -0.2) is 39.3 Å². The highest BCUT2D eigenvalue weighted by Crippen LogP contribution is 2.20. The van der Waals surface area contributed by atoms with Gasteiger partial charge in [0.15, 0.2) is 0 Å². The van der Waals surface area contributed by atoms with E-state index in [-0.39, 0.29) is 12.0 Å². The summed E-state index contributed by atoms with van der Waals surface area (Å²) < 4.78 is 31.2. The van der Waals surface area contributed by atoms with Crippen LogP contribution in [0.2, 0.25) is 0 Å². The highest BCUT2D eigenvalue weighted by Gasteiger charge is 2.28. The zero-order valence-corrected chi connectivity index (χ0v) is 18.3. The van der Waals surface area contributed by atoms with Crippen LogP contribution >= 0.6 is 0 Å². The predicted octanol–water partition coefficient (Wildman–Crippen LogP) is 3.38. The SMILES string of the molecule is CC(C)Oc1ccc(CCCNC(=O)[C@H](C)N(c2ccccc2)S(C)(=O)=O)cc1. The number of benzene rings is 2. The van der Waals surface area contributed by atoms with Crippen LogP contribution in [0.5, 0.6) is 5.75 Å². The third-order valence-corrected chi connectivity index (χ3v) is 5.58. The van der Waals surface area contributed by atoms with E-state index in [1.54, 1.807) is 37.3 Å². The van der Waals surface area contributed by atoms with Gasteiger partial charge in [0, 0.05) is 6.54 Å². The summed E-state index contributed by atoms with van der Waals surface area (Å²) in [5.41, 5.74) is 1.63. The molecule has 0 aliphatic heterocycles. The Labute approximate surface area is 173 Å². The van der Waals surface area contributed by atoms with Crippen LogP contribution in [0, 0.1) is 0 Å². The first-order valence-electron chi connectivity index (χ1n) is 9.76. The van der Waals surface area contributed by atoms with Gasteiger partial charge in [-0.15, -0.1) is 0 Å². The first kappa shape index (κ1) is 22.7. The van der Waals surface area contributed by atoms with Crippen LogP contribution in [0.25, 0.3) is 0 Å². The number of para-hydroxylation sites is 1. The van der Waals surface area contributed by atoms with Crippen molar-refractivity contribution in [2.45, 2.75) is 45.8 Å². The number of carbonyl (C=O) groups is 1. The van der Waals surface area contributed by atoms with E-state index in [0.29, 0.717) is 12.2 Å². The second-order valence-electron chi connectivity index (χ2n) is 7.28. The maximum atomic E-state index is 12.5. The van der Waals surface area contributed by atoms with Crippen molar-refractivity contribution in [3.05, 3.63) is 60.2 Å². The Hall–Kier alpha value is -2.54. The molecule has 2 aromatic rings. The van der Waals surface area contributed by atoms with E-state index >= 15 is 0 Å². The van der Waals surface area contributed by atoms with E-state index in [2.05, 4.69) is 5.32 Å². The number of amides is 1. The molecule has 0 saturated heterocycles. The molecule has 0 spiro atoms. The molecule has 29 heavy (non-hydrogen) atoms. The lowest BCUT2D eigenvalue weighted by molar-refractivity contribution is -0.121. The predicted molar refractivity (Wildman–Crippen MR) is 117 cm³/mol. The van der Waals surface area contributed by atoms with Gasteiger partial charge in [0.25, 0.3) is 0 Å². The summed E-state index contributed by atoms with van der Waals surface area (Å²) in [5, 5.41) is 2.84. The number of aryl methyl sites for hydroxylation is 1. The number of nitrogens with zero attached hydrogens (tertiary/aromatic N) is 1. The van der Waals surface area contributed by atoms with Crippen molar-refractivity contribution in [1.29, 1.82) is 0 Å². The van der Waals surface area contributed by atoms with Gasteiger partial charge in [0.1, 0.15) is 11.8 Å². The number of anilines is 1. The van der Waals surface area contributed by atoms with Crippen LogP contribution in [0.4, 0.5) is 5.69 Å². The molecule has 1 amide bonds. The van der Waals surface area contributed by atoms with E-state index in [1.807, 2.05) is 38.1 Å². The van der Waals surface area contributed by atoms with Crippen molar-refractivity contribution in [3.63, 3.8) is 0 Å². The molecule has 2 aromatic carbocycles. The minimum Gasteiger partial charge on any atom is -0.491 e. The van der Waals surface area contributed by atoms with Gasteiger partial charge in [-0.05, 0) is 63.4 Å². The molecular weight excluding hydrogens is 388 g/mol. The molecule has 1 atom stereocenters. The Morgan fingerprint density at radius 3 is 2.21 bits per heavy atom. The Balaban J connectivity index is 1.87. The smallest absolute Gasteiger partial charge is 0.243 e. The third kappa shape index (κ3) is 7.09. The average Bonchev–Trinajstić information content (AvgIpc) is 2.65. The molecule has 2 rings (SSSR count). The summed E-state index contributed by atoms with van der Waals surface area (Å²) >= 11 is 0. The molecule has 0 saturated carbocycles. The normalized spacial score (nSPS) is 12.4. The van der Waals surface area contributed by atoms with E-state index < -0.39 is 16.1 Å². The Bertz CT molecular complexity index is 881. The molecule has 0 radical (unpaired) electrons. The minimum absolute atomic E-state index is 0.139. The highest BCUT2D eigenvalue weighted by atomic mass is 32.2. The standard InChI is InChI=1S/C22H30N2O4S/c1-17(2)28-21-14-12-19(13-15-21)9-8-16-23-22(25)18(3)24(29(4,26)27)20-10-6-5-7-11-20/h5-7,10-15,17-18H,8-9,16H2,1-4H3,(H,23,25)/t18-/m0/s1. The van der Waals surface area contributed by atoms with Crippen LogP contribution in [0.3, 0.4) is 0 Å². The molecule has 0 aliphatic carbocycles. The van der Waals surface area contributed by atoms with Crippen molar-refractivity contribution in [2.24, 2.45) is 0 Å². The number of ether oxygens (including phenoxy) is 1. The minimum atomic E-state index is -3.59. The second-order valence-corrected chi connectivity index (χ2v) is 9.13. The maximum absolute atomic E-state index is 12.5. The van der Waals surface area contributed by atoms with Crippen LogP contribution in [-0.2, 0) is 21.2 Å². The van der Waals surface area contributed by atoms with E-state index in [9.17, 15) is 13.2 Å². The fourth-order valence-electron chi connectivity index (χ4n) is 3.04. The van der Waals surface area contributed by atoms with E-state index in [1.165, 1.54) is 0 Å². The maximum Gasteiger partial charge on any atom is 0.243 e. The summed E-state index contributed by atoms with van der Waals surface area (Å²) in [6, 6.07) is 15.7. The summed E-state index contributed by atoms with van der Waals surface area (Å²) in [6.07, 6.45) is 2.81. The lowest BCUT2D eigenvalue weighted by Crippen LogP contribution is -2.48. The third-order valence-electron chi connectivity index (χ3n) is 4.34. The van der Waals surface area contributed by atoms with Gasteiger partial charge in [0.2, 0.25) is 15.9 Å². The molecule has 0 fully saturated rings. The van der Waals surface area contributed by atoms with Crippen molar-refractivity contribution in [1.82, 2.24) is 5.32 Å². The van der Waals surface area contributed by atoms with E-state index in [0.717, 1.165) is 34.7 Å². The van der Waals surface area contributed by atoms with Crippen LogP contribution in [0.1, 0.15) is 32.8 Å². The Morgan fingerprint density at radius 2 is 1.66 bits per heavy atom. The molecule has 0 aromatic heterocycles. The summed E-state index contributed by atoms with van der Waals surface area (Å²) in [7, 11) is -3.59. The van der Waals surface area contributed by atoms with Crippen molar-refractivity contribution >= 4 is 21.6 Å². The molecule has 7 heteroatoms. The van der Waals surface area contributed by atoms with Crippen LogP contribution in [0.15, 0.2) is 54.6 Å². The van der Waals surface area contributed by atoms with Crippen molar-refractivity contribution < 1.29 is 17.9 Å². The molecule has 0 heterocycles. The molecular formula is C22H30N2O4S. The number of hydrogen-bond donors (Lipinski definition) is 1. The monoisotopic (exact) mass is 418 g/mol. The fourth-order valence-corrected chi connectivity index (χ4v) is 4.22. The zero-order chi connectivity index (χ0) is 21.4. The number of rotatable bonds is 10. The van der Waals surface area contributed by atoms with Crippen LogP contribution < -0.4 is 14.4 Å². The second kappa shape index (κ2) is 10.3. The summed E-state index contributed by atoms with van der Waals surface area (Å²) in [5.74, 6) is 0.521. The van der Waals surface area contributed by atoms with Gasteiger partial charge in [-0.1, -0.05) is 30.3 Å². The van der Waals surface area contributed by atoms with Crippen molar-refractivity contribution in [3.8, 4) is 5.75 Å². The number of carbonyl (C=O) groups excluding carboxylic acids is 1. The van der Waals surface area contributed by atoms with Gasteiger partial charge >= 0.3 is 0 Å². The van der Waals surface area contributed by atoms with Gasteiger partial charge in [-0.2, -0.15) is 0 Å². The molecule has 0 aliphatic rings. The van der Waals surface area contributed by atoms with Crippen molar-refractivity contribution in [2.75, 3.05) is 17.1 Å². The van der Waals surface area contributed by atoms with E-state index in [4.69, 9.17) is 4.74 Å². The zero-order valence-electron chi connectivity index (χ0n) is 17.5. The Kier molecular flexibility index (Phi) is 8.08. The topological polar surface area (TPSA) is 75.7 Å². The van der Waals surface area contributed by atoms with Gasteiger partial charge in [0.05, 0.1) is 18.0 Å². The average molecular weight is 419 g/mol. The fraction of sp³-hybridized carbons (Fsp3) is 0.409. The first-order chi connectivity index (χ1) is 13.7. The summed E-state index contributed by atoms with van der Waals surface area (Å²) in [4.78, 5) is 12.5.